The van der Waals surface area contributed by atoms with Gasteiger partial charge in [-0.05, 0) is 65.7 Å². The van der Waals surface area contributed by atoms with E-state index in [1.807, 2.05) is 6.08 Å². The van der Waals surface area contributed by atoms with Gasteiger partial charge in [-0.15, -0.1) is 0 Å². The number of allylic oxidation sites excluding steroid dienone is 5. The van der Waals surface area contributed by atoms with E-state index in [-0.39, 0.29) is 6.61 Å². The van der Waals surface area contributed by atoms with E-state index in [0.717, 1.165) is 25.7 Å². The quantitative estimate of drug-likeness (QED) is 0.157. The molecule has 3 heteroatoms. The first-order valence-electron chi connectivity index (χ1n) is 12.7. The molecule has 2 N–H and O–H groups in total. The Kier molecular flexibility index (Phi) is 27.4. The lowest BCUT2D eigenvalue weighted by Crippen LogP contribution is -1.93. The summed E-state index contributed by atoms with van der Waals surface area (Å²) in [6, 6.07) is 0. The van der Waals surface area contributed by atoms with Crippen molar-refractivity contribution >= 4 is 5.97 Å². The van der Waals surface area contributed by atoms with Crippen molar-refractivity contribution in [2.75, 3.05) is 6.61 Å². The summed E-state index contributed by atoms with van der Waals surface area (Å²) in [5.74, 6) is -0.664. The lowest BCUT2D eigenvalue weighted by Gasteiger charge is -1.99. The lowest BCUT2D eigenvalue weighted by molar-refractivity contribution is -0.137. The van der Waals surface area contributed by atoms with Gasteiger partial charge in [0.15, 0.2) is 0 Å². The lowest BCUT2D eigenvalue weighted by atomic mass is 10.1. The molecule has 0 aromatic heterocycles. The Bertz CT molecular complexity index is 471. The number of carboxylic acids is 1. The number of carbonyl (C=O) groups is 1. The van der Waals surface area contributed by atoms with Gasteiger partial charge < -0.3 is 10.2 Å². The fourth-order valence-corrected chi connectivity index (χ4v) is 3.19. The van der Waals surface area contributed by atoms with E-state index in [4.69, 9.17) is 10.2 Å². The van der Waals surface area contributed by atoms with Crippen LogP contribution in [0.5, 0.6) is 0 Å². The highest BCUT2D eigenvalue weighted by molar-refractivity contribution is 5.66. The van der Waals surface area contributed by atoms with Crippen LogP contribution >= 0.6 is 0 Å². The van der Waals surface area contributed by atoms with Crippen LogP contribution in [0.25, 0.3) is 0 Å². The number of hydrogen-bond acceptors (Lipinski definition) is 2. The second kappa shape index (κ2) is 26.7. The van der Waals surface area contributed by atoms with Crippen molar-refractivity contribution < 1.29 is 15.0 Å². The third kappa shape index (κ3) is 33.5. The van der Waals surface area contributed by atoms with Crippen molar-refractivity contribution in [1.29, 1.82) is 0 Å². The summed E-state index contributed by atoms with van der Waals surface area (Å²) in [5, 5.41) is 17.1. The van der Waals surface area contributed by atoms with Gasteiger partial charge in [0.25, 0.3) is 0 Å². The van der Waals surface area contributed by atoms with Gasteiger partial charge in [-0.1, -0.05) is 93.7 Å². The summed E-state index contributed by atoms with van der Waals surface area (Å²) in [7, 11) is 0. The van der Waals surface area contributed by atoms with E-state index in [1.165, 1.54) is 81.8 Å². The highest BCUT2D eigenvalue weighted by atomic mass is 16.4. The normalized spacial score (nSPS) is 11.3. The van der Waals surface area contributed by atoms with Crippen LogP contribution in [0.2, 0.25) is 0 Å². The molecule has 0 aliphatic heterocycles. The van der Waals surface area contributed by atoms with E-state index >= 15 is 0 Å². The molecule has 0 fully saturated rings. The second-order valence-electron chi connectivity index (χ2n) is 8.78. The zero-order valence-corrected chi connectivity index (χ0v) is 21.1. The molecule has 0 aliphatic carbocycles. The molecule has 0 amide bonds. The van der Waals surface area contributed by atoms with E-state index in [0.29, 0.717) is 6.42 Å². The van der Waals surface area contributed by atoms with Gasteiger partial charge in [0.1, 0.15) is 0 Å². The minimum absolute atomic E-state index is 0.167. The SMILES string of the molecule is CC(C)=CCC/C(C)=C/CO.CCCCCCCC/C=C\CCCCCCCC(=O)O. The number of aliphatic carboxylic acids is 1. The molecule has 0 aromatic carbocycles. The predicted molar refractivity (Wildman–Crippen MR) is 137 cm³/mol. The van der Waals surface area contributed by atoms with E-state index in [9.17, 15) is 4.79 Å². The van der Waals surface area contributed by atoms with Gasteiger partial charge in [0.05, 0.1) is 6.61 Å². The average molecular weight is 437 g/mol. The Hall–Kier alpha value is -1.35. The second-order valence-corrected chi connectivity index (χ2v) is 8.78. The molecular weight excluding hydrogens is 384 g/mol. The van der Waals surface area contributed by atoms with Crippen LogP contribution in [0.1, 0.15) is 130 Å². The summed E-state index contributed by atoms with van der Waals surface area (Å²) in [6.07, 6.45) is 27.5. The summed E-state index contributed by atoms with van der Waals surface area (Å²) in [6.45, 7) is 8.68. The van der Waals surface area contributed by atoms with Gasteiger partial charge in [0.2, 0.25) is 0 Å². The summed E-state index contributed by atoms with van der Waals surface area (Å²) in [4.78, 5) is 10.3. The monoisotopic (exact) mass is 436 g/mol. The number of carboxylic acid groups (broad SMARTS) is 1. The molecule has 0 rings (SSSR count). The van der Waals surface area contributed by atoms with Gasteiger partial charge in [0, 0.05) is 6.42 Å². The molecule has 0 radical (unpaired) electrons. The topological polar surface area (TPSA) is 57.5 Å². The fourth-order valence-electron chi connectivity index (χ4n) is 3.19. The van der Waals surface area contributed by atoms with Crippen molar-refractivity contribution in [3.63, 3.8) is 0 Å². The Morgan fingerprint density at radius 1 is 0.677 bits per heavy atom. The Balaban J connectivity index is 0. The van der Waals surface area contributed by atoms with Crippen molar-refractivity contribution in [1.82, 2.24) is 0 Å². The van der Waals surface area contributed by atoms with Crippen molar-refractivity contribution in [2.45, 2.75) is 130 Å². The molecule has 182 valence electrons. The van der Waals surface area contributed by atoms with E-state index in [2.05, 4.69) is 45.9 Å². The molecule has 0 heterocycles. The zero-order chi connectivity index (χ0) is 23.6. The Morgan fingerprint density at radius 2 is 1.19 bits per heavy atom. The molecule has 0 saturated heterocycles. The maximum atomic E-state index is 10.3. The standard InChI is InChI=1S/C18H34O2.C10H18O/c1-2-3-4-5-6-7-8-9-10-11-12-13-14-15-16-17-18(19)20;1-9(2)5-4-6-10(3)7-8-11/h9-10H,2-8,11-17H2,1H3,(H,19,20);5,7,11H,4,6,8H2,1-3H3/b10-9-;10-7+. The summed E-state index contributed by atoms with van der Waals surface area (Å²) < 4.78 is 0. The fraction of sp³-hybridized carbons (Fsp3) is 0.750. The zero-order valence-electron chi connectivity index (χ0n) is 21.1. The van der Waals surface area contributed by atoms with Crippen LogP contribution in [0.3, 0.4) is 0 Å². The van der Waals surface area contributed by atoms with Crippen LogP contribution in [-0.2, 0) is 4.79 Å². The maximum absolute atomic E-state index is 10.3. The van der Waals surface area contributed by atoms with Gasteiger partial charge in [-0.2, -0.15) is 0 Å². The molecule has 0 unspecified atom stereocenters. The smallest absolute Gasteiger partial charge is 0.303 e. The molecule has 0 saturated carbocycles. The highest BCUT2D eigenvalue weighted by Crippen LogP contribution is 2.10. The number of aliphatic hydroxyl groups excluding tert-OH is 1. The van der Waals surface area contributed by atoms with Crippen molar-refractivity contribution in [2.24, 2.45) is 0 Å². The molecule has 3 nitrogen and oxygen atoms in total. The van der Waals surface area contributed by atoms with E-state index < -0.39 is 5.97 Å². The third-order valence-electron chi connectivity index (χ3n) is 5.18. The maximum Gasteiger partial charge on any atom is 0.303 e. The van der Waals surface area contributed by atoms with Crippen LogP contribution in [-0.4, -0.2) is 22.8 Å². The molecule has 31 heavy (non-hydrogen) atoms. The molecule has 0 atom stereocenters. The minimum atomic E-state index is -0.664. The van der Waals surface area contributed by atoms with Crippen LogP contribution in [0, 0.1) is 0 Å². The molecular formula is C28H52O3. The minimum Gasteiger partial charge on any atom is -0.481 e. The number of rotatable bonds is 19. The molecule has 0 bridgehead atoms. The first-order chi connectivity index (χ1) is 14.9. The molecule has 0 aromatic rings. The van der Waals surface area contributed by atoms with Crippen LogP contribution in [0.15, 0.2) is 35.5 Å². The van der Waals surface area contributed by atoms with Gasteiger partial charge >= 0.3 is 5.97 Å². The number of aliphatic hydroxyl groups is 1. The molecule has 0 spiro atoms. The van der Waals surface area contributed by atoms with Crippen molar-refractivity contribution in [3.8, 4) is 0 Å². The summed E-state index contributed by atoms with van der Waals surface area (Å²) >= 11 is 0. The van der Waals surface area contributed by atoms with Crippen molar-refractivity contribution in [3.05, 3.63) is 35.5 Å². The molecule has 0 aliphatic rings. The largest absolute Gasteiger partial charge is 0.481 e. The van der Waals surface area contributed by atoms with Crippen LogP contribution in [0.4, 0.5) is 0 Å². The number of hydrogen-bond donors (Lipinski definition) is 2. The average Bonchev–Trinajstić information content (AvgIpc) is 2.71. The number of unbranched alkanes of at least 4 members (excludes halogenated alkanes) is 11. The van der Waals surface area contributed by atoms with E-state index in [1.54, 1.807) is 0 Å². The van der Waals surface area contributed by atoms with Gasteiger partial charge in [-0.3, -0.25) is 4.79 Å². The third-order valence-corrected chi connectivity index (χ3v) is 5.18. The first-order valence-corrected chi connectivity index (χ1v) is 12.7. The predicted octanol–water partition coefficient (Wildman–Crippen LogP) is 8.78. The summed E-state index contributed by atoms with van der Waals surface area (Å²) in [5.41, 5.74) is 2.63. The van der Waals surface area contributed by atoms with Gasteiger partial charge in [-0.25, -0.2) is 0 Å². The van der Waals surface area contributed by atoms with Crippen LogP contribution < -0.4 is 0 Å². The first kappa shape index (κ1) is 31.8. The highest BCUT2D eigenvalue weighted by Gasteiger charge is 1.95. The Morgan fingerprint density at radius 3 is 1.68 bits per heavy atom. The Labute approximate surface area is 193 Å².